The number of carbonyl (C=O) groups excluding carboxylic acids is 1. The van der Waals surface area contributed by atoms with Gasteiger partial charge in [-0.1, -0.05) is 45.0 Å². The van der Waals surface area contributed by atoms with Gasteiger partial charge in [0.1, 0.15) is 17.2 Å². The lowest BCUT2D eigenvalue weighted by molar-refractivity contribution is -0.387. The molecule has 0 fully saturated rings. The van der Waals surface area contributed by atoms with Crippen LogP contribution in [0.15, 0.2) is 71.9 Å². The SMILES string of the molecule is CN(CCN(C(=O)OC(C)(C)C)c1ccn2ncc(-c3cccc(O[Si](C)(C)C(C)(C)C)c3)c2n1)S(=O)(=O)c1ccccc1[N+](=O)[O-]. The zero-order valence-corrected chi connectivity index (χ0v) is 30.0. The Labute approximate surface area is 276 Å². The van der Waals surface area contributed by atoms with E-state index in [-0.39, 0.29) is 23.9 Å². The maximum Gasteiger partial charge on any atom is 0.416 e. The minimum absolute atomic E-state index is 0.0121. The van der Waals surface area contributed by atoms with Crippen LogP contribution in [0.1, 0.15) is 41.5 Å². The van der Waals surface area contributed by atoms with Crippen LogP contribution in [0.5, 0.6) is 5.75 Å². The molecule has 0 aliphatic heterocycles. The number of ether oxygens (including phenoxy) is 1. The summed E-state index contributed by atoms with van der Waals surface area (Å²) in [6.45, 7) is 15.7. The van der Waals surface area contributed by atoms with Crippen molar-refractivity contribution in [3.63, 3.8) is 0 Å². The first-order valence-electron chi connectivity index (χ1n) is 15.1. The molecule has 0 aliphatic carbocycles. The van der Waals surface area contributed by atoms with Gasteiger partial charge in [-0.25, -0.2) is 22.7 Å². The largest absolute Gasteiger partial charge is 0.543 e. The lowest BCUT2D eigenvalue weighted by Gasteiger charge is -2.36. The molecule has 252 valence electrons. The molecule has 0 unspecified atom stereocenters. The molecule has 0 bridgehead atoms. The van der Waals surface area contributed by atoms with Gasteiger partial charge in [0.05, 0.1) is 11.1 Å². The number of hydrogen-bond acceptors (Lipinski definition) is 9. The van der Waals surface area contributed by atoms with Crippen LogP contribution in [-0.2, 0) is 14.8 Å². The molecule has 47 heavy (non-hydrogen) atoms. The molecule has 0 atom stereocenters. The van der Waals surface area contributed by atoms with E-state index in [0.717, 1.165) is 21.7 Å². The number of aromatic nitrogens is 3. The summed E-state index contributed by atoms with van der Waals surface area (Å²) in [6.07, 6.45) is 2.60. The Morgan fingerprint density at radius 2 is 1.70 bits per heavy atom. The van der Waals surface area contributed by atoms with Gasteiger partial charge in [-0.05, 0) is 68.7 Å². The van der Waals surface area contributed by atoms with Gasteiger partial charge in [0.25, 0.3) is 5.69 Å². The minimum Gasteiger partial charge on any atom is -0.543 e. The molecule has 0 radical (unpaired) electrons. The Bertz CT molecular complexity index is 1900. The van der Waals surface area contributed by atoms with Crippen LogP contribution in [0.2, 0.25) is 18.1 Å². The maximum absolute atomic E-state index is 13.5. The average Bonchev–Trinajstić information content (AvgIpc) is 3.39. The summed E-state index contributed by atoms with van der Waals surface area (Å²) in [7, 11) is -5.08. The van der Waals surface area contributed by atoms with Crippen molar-refractivity contribution in [3.05, 3.63) is 77.1 Å². The normalized spacial score (nSPS) is 12.7. The van der Waals surface area contributed by atoms with Crippen molar-refractivity contribution in [1.29, 1.82) is 0 Å². The number of nitro benzene ring substituents is 1. The van der Waals surface area contributed by atoms with Crippen LogP contribution in [0.4, 0.5) is 16.3 Å². The highest BCUT2D eigenvalue weighted by molar-refractivity contribution is 7.89. The highest BCUT2D eigenvalue weighted by atomic mass is 32.2. The zero-order valence-electron chi connectivity index (χ0n) is 28.2. The van der Waals surface area contributed by atoms with Gasteiger partial charge < -0.3 is 9.16 Å². The fourth-order valence-electron chi connectivity index (χ4n) is 4.36. The van der Waals surface area contributed by atoms with E-state index < -0.39 is 45.5 Å². The molecule has 1 amide bonds. The number of likely N-dealkylation sites (N-methyl/N-ethyl adjacent to an activating group) is 1. The Kier molecular flexibility index (Phi) is 9.85. The molecule has 4 aromatic rings. The van der Waals surface area contributed by atoms with Gasteiger partial charge in [0.15, 0.2) is 10.5 Å². The molecule has 2 aromatic heterocycles. The van der Waals surface area contributed by atoms with Gasteiger partial charge in [-0.15, -0.1) is 0 Å². The van der Waals surface area contributed by atoms with Crippen LogP contribution in [0, 0.1) is 10.1 Å². The predicted molar refractivity (Wildman–Crippen MR) is 183 cm³/mol. The van der Waals surface area contributed by atoms with Crippen LogP contribution in [0.25, 0.3) is 16.8 Å². The second kappa shape index (κ2) is 13.0. The molecule has 0 saturated carbocycles. The molecule has 0 N–H and O–H groups in total. The predicted octanol–water partition coefficient (Wildman–Crippen LogP) is 6.75. The Morgan fingerprint density at radius 3 is 2.34 bits per heavy atom. The lowest BCUT2D eigenvalue weighted by Crippen LogP contribution is -2.43. The number of amides is 1. The number of benzene rings is 2. The summed E-state index contributed by atoms with van der Waals surface area (Å²) in [5, 5.41) is 16.0. The smallest absolute Gasteiger partial charge is 0.416 e. The van der Waals surface area contributed by atoms with E-state index in [2.05, 4.69) is 39.0 Å². The van der Waals surface area contributed by atoms with Crippen LogP contribution in [-0.4, -0.2) is 72.4 Å². The summed E-state index contributed by atoms with van der Waals surface area (Å²) < 4.78 is 41.5. The van der Waals surface area contributed by atoms with Crippen molar-refractivity contribution < 1.29 is 27.3 Å². The number of fused-ring (bicyclic) bond motifs is 1. The van der Waals surface area contributed by atoms with Gasteiger partial charge in [-0.2, -0.15) is 9.40 Å². The van der Waals surface area contributed by atoms with Crippen LogP contribution < -0.4 is 9.33 Å². The van der Waals surface area contributed by atoms with Crippen LogP contribution >= 0.6 is 0 Å². The maximum atomic E-state index is 13.5. The summed E-state index contributed by atoms with van der Waals surface area (Å²) in [5.74, 6) is 0.946. The standard InChI is InChI=1S/C32H42N6O7SSi/c1-31(2,3)44-30(39)36(20-19-35(7)46(42,43)27-16-11-10-15-26(27)38(40)41)28-17-18-37-29(34-28)25(22-33-37)23-13-12-14-24(21-23)45-47(8,9)32(4,5)6/h10-18,21-22H,19-20H2,1-9H3. The third kappa shape index (κ3) is 7.97. The molecule has 0 spiro atoms. The Morgan fingerprint density at radius 1 is 1.02 bits per heavy atom. The monoisotopic (exact) mass is 682 g/mol. The lowest BCUT2D eigenvalue weighted by atomic mass is 10.1. The minimum atomic E-state index is -4.28. The second-order valence-electron chi connectivity index (χ2n) is 13.7. The van der Waals surface area contributed by atoms with E-state index in [9.17, 15) is 23.3 Å². The molecular formula is C32H42N6O7SSi. The molecular weight excluding hydrogens is 641 g/mol. The molecule has 0 saturated heterocycles. The van der Waals surface area contributed by atoms with Crippen molar-refractivity contribution in [3.8, 4) is 16.9 Å². The van der Waals surface area contributed by atoms with E-state index in [4.69, 9.17) is 14.1 Å². The van der Waals surface area contributed by atoms with Gasteiger partial charge in [-0.3, -0.25) is 15.0 Å². The van der Waals surface area contributed by atoms with Crippen LogP contribution in [0.3, 0.4) is 0 Å². The number of sulfonamides is 1. The van der Waals surface area contributed by atoms with Crippen molar-refractivity contribution in [2.24, 2.45) is 0 Å². The fourth-order valence-corrected chi connectivity index (χ4v) is 6.70. The van der Waals surface area contributed by atoms with E-state index in [1.54, 1.807) is 43.7 Å². The fraction of sp³-hybridized carbons (Fsp3) is 0.406. The quantitative estimate of drug-likeness (QED) is 0.101. The van der Waals surface area contributed by atoms with E-state index in [1.165, 1.54) is 30.1 Å². The molecule has 0 aliphatic rings. The third-order valence-corrected chi connectivity index (χ3v) is 14.2. The summed E-state index contributed by atoms with van der Waals surface area (Å²) in [6, 6.07) is 14.4. The highest BCUT2D eigenvalue weighted by Gasteiger charge is 2.39. The van der Waals surface area contributed by atoms with E-state index in [0.29, 0.717) is 11.2 Å². The Hall–Kier alpha value is -4.34. The number of anilines is 1. The average molecular weight is 683 g/mol. The highest BCUT2D eigenvalue weighted by Crippen LogP contribution is 2.38. The van der Waals surface area contributed by atoms with Gasteiger partial charge >= 0.3 is 6.09 Å². The second-order valence-corrected chi connectivity index (χ2v) is 20.4. The summed E-state index contributed by atoms with van der Waals surface area (Å²) >= 11 is 0. The number of nitrogens with zero attached hydrogens (tertiary/aromatic N) is 6. The first-order valence-corrected chi connectivity index (χ1v) is 19.4. The zero-order chi connectivity index (χ0) is 34.9. The number of carbonyl (C=O) groups is 1. The van der Waals surface area contributed by atoms with E-state index >= 15 is 0 Å². The molecule has 2 heterocycles. The summed E-state index contributed by atoms with van der Waals surface area (Å²) in [4.78, 5) is 29.9. The first kappa shape index (κ1) is 35.5. The third-order valence-electron chi connectivity index (χ3n) is 7.96. The van der Waals surface area contributed by atoms with Crippen molar-refractivity contribution in [2.45, 2.75) is 70.2 Å². The van der Waals surface area contributed by atoms with Gasteiger partial charge in [0.2, 0.25) is 18.3 Å². The number of nitro groups is 1. The number of hydrogen-bond donors (Lipinski definition) is 0. The number of para-hydroxylation sites is 1. The topological polar surface area (TPSA) is 149 Å². The van der Waals surface area contributed by atoms with Gasteiger partial charge in [0, 0.05) is 38.0 Å². The summed E-state index contributed by atoms with van der Waals surface area (Å²) in [5.41, 5.74) is 0.589. The molecule has 13 nitrogen and oxygen atoms in total. The van der Waals surface area contributed by atoms with E-state index in [1.807, 2.05) is 24.3 Å². The first-order chi connectivity index (χ1) is 21.7. The molecule has 2 aromatic carbocycles. The molecule has 15 heteroatoms. The van der Waals surface area contributed by atoms with Crippen molar-refractivity contribution in [1.82, 2.24) is 18.9 Å². The van der Waals surface area contributed by atoms with Crippen molar-refractivity contribution >= 4 is 41.6 Å². The van der Waals surface area contributed by atoms with Crippen molar-refractivity contribution in [2.75, 3.05) is 25.0 Å². The molecule has 4 rings (SSSR count). The Balaban J connectivity index is 1.69. The number of rotatable bonds is 10.